The minimum atomic E-state index is -0.273. The summed E-state index contributed by atoms with van der Waals surface area (Å²) in [5, 5.41) is 2.83. The summed E-state index contributed by atoms with van der Waals surface area (Å²) in [7, 11) is 1.61. The van der Waals surface area contributed by atoms with Crippen LogP contribution in [0.4, 0.5) is 5.69 Å². The number of hydrogen-bond donors (Lipinski definition) is 1. The summed E-state index contributed by atoms with van der Waals surface area (Å²) in [6, 6.07) is 14.6. The molecule has 1 aliphatic heterocycles. The molecule has 2 aromatic rings. The monoisotopic (exact) mass is 364 g/mol. The van der Waals surface area contributed by atoms with Crippen LogP contribution in [-0.2, 0) is 4.79 Å². The molecule has 0 aromatic heterocycles. The number of likely N-dealkylation sites (tertiary alicyclic amines) is 1. The van der Waals surface area contributed by atoms with Crippen LogP contribution in [0.3, 0.4) is 0 Å². The Morgan fingerprint density at radius 3 is 2.41 bits per heavy atom. The van der Waals surface area contributed by atoms with Crippen LogP contribution in [-0.4, -0.2) is 36.9 Å². The van der Waals surface area contributed by atoms with E-state index in [2.05, 4.69) is 5.32 Å². The first-order valence-corrected chi connectivity index (χ1v) is 9.19. The average molecular weight is 364 g/mol. The zero-order chi connectivity index (χ0) is 19.1. The van der Waals surface area contributed by atoms with Crippen LogP contribution in [0.2, 0.25) is 0 Å². The summed E-state index contributed by atoms with van der Waals surface area (Å²) in [5.74, 6) is 0.469. The minimum absolute atomic E-state index is 0.0234. The highest BCUT2D eigenvalue weighted by Crippen LogP contribution is 2.20. The predicted octanol–water partition coefficient (Wildman–Crippen LogP) is 3.97. The molecule has 2 amide bonds. The Balaban J connectivity index is 1.68. The van der Waals surface area contributed by atoms with E-state index in [0.717, 1.165) is 43.7 Å². The van der Waals surface area contributed by atoms with Crippen molar-refractivity contribution < 1.29 is 14.3 Å². The Kier molecular flexibility index (Phi) is 6.26. The fourth-order valence-corrected chi connectivity index (χ4v) is 3.11. The van der Waals surface area contributed by atoms with Gasteiger partial charge in [0.1, 0.15) is 5.75 Å². The average Bonchev–Trinajstić information content (AvgIpc) is 2.73. The maximum atomic E-state index is 12.8. The van der Waals surface area contributed by atoms with Gasteiger partial charge in [0.2, 0.25) is 5.91 Å². The van der Waals surface area contributed by atoms with Crippen molar-refractivity contribution in [3.05, 3.63) is 65.7 Å². The lowest BCUT2D eigenvalue weighted by Gasteiger charge is -2.27. The SMILES string of the molecule is COc1ccc(/C=C/C(=O)Nc2ccccc2C(=O)N2CCCCC2)cc1. The number of hydrogen-bond acceptors (Lipinski definition) is 3. The van der Waals surface area contributed by atoms with Crippen molar-refractivity contribution in [3.8, 4) is 5.75 Å². The van der Waals surface area contributed by atoms with E-state index in [-0.39, 0.29) is 11.8 Å². The molecule has 1 heterocycles. The molecule has 0 unspecified atom stereocenters. The van der Waals surface area contributed by atoms with Gasteiger partial charge < -0.3 is 15.0 Å². The van der Waals surface area contributed by atoms with Crippen LogP contribution in [0.15, 0.2) is 54.6 Å². The lowest BCUT2D eigenvalue weighted by Crippen LogP contribution is -2.36. The molecule has 0 spiro atoms. The van der Waals surface area contributed by atoms with Crippen molar-refractivity contribution in [2.75, 3.05) is 25.5 Å². The van der Waals surface area contributed by atoms with E-state index in [9.17, 15) is 9.59 Å². The summed E-state index contributed by atoms with van der Waals surface area (Å²) in [5.41, 5.74) is 1.96. The number of anilines is 1. The van der Waals surface area contributed by atoms with Gasteiger partial charge in [0.05, 0.1) is 18.4 Å². The second-order valence-corrected chi connectivity index (χ2v) is 6.49. The van der Waals surface area contributed by atoms with Crippen molar-refractivity contribution in [1.29, 1.82) is 0 Å². The van der Waals surface area contributed by atoms with E-state index in [1.54, 1.807) is 25.3 Å². The first-order valence-electron chi connectivity index (χ1n) is 9.19. The van der Waals surface area contributed by atoms with E-state index in [0.29, 0.717) is 11.3 Å². The van der Waals surface area contributed by atoms with Crippen molar-refractivity contribution >= 4 is 23.6 Å². The van der Waals surface area contributed by atoms with Crippen molar-refractivity contribution in [3.63, 3.8) is 0 Å². The van der Waals surface area contributed by atoms with Gasteiger partial charge in [-0.1, -0.05) is 24.3 Å². The highest BCUT2D eigenvalue weighted by molar-refractivity contribution is 6.07. The number of nitrogens with one attached hydrogen (secondary N) is 1. The standard InChI is InChI=1S/C22H24N2O3/c1-27-18-12-9-17(10-13-18)11-14-21(25)23-20-8-4-3-7-19(20)22(26)24-15-5-2-6-16-24/h3-4,7-14H,2,5-6,15-16H2,1H3,(H,23,25)/b14-11+. The summed E-state index contributed by atoms with van der Waals surface area (Å²) < 4.78 is 5.12. The van der Waals surface area contributed by atoms with E-state index in [1.807, 2.05) is 41.3 Å². The highest BCUT2D eigenvalue weighted by atomic mass is 16.5. The number of amides is 2. The smallest absolute Gasteiger partial charge is 0.255 e. The number of carbonyl (C=O) groups excluding carboxylic acids is 2. The van der Waals surface area contributed by atoms with Crippen molar-refractivity contribution in [2.45, 2.75) is 19.3 Å². The molecule has 0 saturated carbocycles. The molecule has 3 rings (SSSR count). The number of nitrogens with zero attached hydrogens (tertiary/aromatic N) is 1. The van der Waals surface area contributed by atoms with Gasteiger partial charge >= 0.3 is 0 Å². The number of ether oxygens (including phenoxy) is 1. The van der Waals surface area contributed by atoms with Crippen LogP contribution in [0.1, 0.15) is 35.2 Å². The molecule has 0 aliphatic carbocycles. The molecule has 1 saturated heterocycles. The molecular formula is C22H24N2O3. The van der Waals surface area contributed by atoms with E-state index >= 15 is 0 Å². The van der Waals surface area contributed by atoms with Gasteiger partial charge in [-0.2, -0.15) is 0 Å². The maximum absolute atomic E-state index is 12.8. The molecule has 1 fully saturated rings. The van der Waals surface area contributed by atoms with Crippen LogP contribution in [0.5, 0.6) is 5.75 Å². The number of benzene rings is 2. The second-order valence-electron chi connectivity index (χ2n) is 6.49. The molecule has 0 atom stereocenters. The van der Waals surface area contributed by atoms with Crippen molar-refractivity contribution in [1.82, 2.24) is 4.90 Å². The summed E-state index contributed by atoms with van der Waals surface area (Å²) in [6.07, 6.45) is 6.42. The Morgan fingerprint density at radius 1 is 1.00 bits per heavy atom. The normalized spacial score (nSPS) is 14.2. The molecule has 2 aromatic carbocycles. The fourth-order valence-electron chi connectivity index (χ4n) is 3.11. The van der Waals surface area contributed by atoms with Gasteiger partial charge in [-0.05, 0) is 55.2 Å². The van der Waals surface area contributed by atoms with Crippen LogP contribution in [0, 0.1) is 0 Å². The molecule has 0 bridgehead atoms. The second kappa shape index (κ2) is 9.03. The molecule has 27 heavy (non-hydrogen) atoms. The fraction of sp³-hybridized carbons (Fsp3) is 0.273. The Bertz CT molecular complexity index is 822. The molecule has 140 valence electrons. The maximum Gasteiger partial charge on any atom is 0.255 e. The van der Waals surface area contributed by atoms with Gasteiger partial charge in [0.25, 0.3) is 5.91 Å². The quantitative estimate of drug-likeness (QED) is 0.817. The number of carbonyl (C=O) groups is 2. The third kappa shape index (κ3) is 4.97. The van der Waals surface area contributed by atoms with Crippen LogP contribution >= 0.6 is 0 Å². The summed E-state index contributed by atoms with van der Waals surface area (Å²) in [4.78, 5) is 27.0. The number of rotatable bonds is 5. The Hall–Kier alpha value is -3.08. The topological polar surface area (TPSA) is 58.6 Å². The zero-order valence-electron chi connectivity index (χ0n) is 15.5. The number of piperidine rings is 1. The number of para-hydroxylation sites is 1. The zero-order valence-corrected chi connectivity index (χ0v) is 15.5. The number of methoxy groups -OCH3 is 1. The molecular weight excluding hydrogens is 340 g/mol. The van der Waals surface area contributed by atoms with Crippen LogP contribution in [0.25, 0.3) is 6.08 Å². The van der Waals surface area contributed by atoms with Gasteiger partial charge in [0, 0.05) is 19.2 Å². The minimum Gasteiger partial charge on any atom is -0.497 e. The lowest BCUT2D eigenvalue weighted by molar-refractivity contribution is -0.111. The Morgan fingerprint density at radius 2 is 1.70 bits per heavy atom. The highest BCUT2D eigenvalue weighted by Gasteiger charge is 2.20. The molecule has 5 nitrogen and oxygen atoms in total. The van der Waals surface area contributed by atoms with Gasteiger partial charge in [-0.3, -0.25) is 9.59 Å². The van der Waals surface area contributed by atoms with E-state index < -0.39 is 0 Å². The first kappa shape index (κ1) is 18.7. The predicted molar refractivity (Wildman–Crippen MR) is 107 cm³/mol. The van der Waals surface area contributed by atoms with Gasteiger partial charge in [0.15, 0.2) is 0 Å². The third-order valence-electron chi connectivity index (χ3n) is 4.60. The summed E-state index contributed by atoms with van der Waals surface area (Å²) in [6.45, 7) is 1.55. The lowest BCUT2D eigenvalue weighted by atomic mass is 10.1. The first-order chi connectivity index (χ1) is 13.2. The molecule has 1 aliphatic rings. The van der Waals surface area contributed by atoms with Gasteiger partial charge in [-0.15, -0.1) is 0 Å². The third-order valence-corrected chi connectivity index (χ3v) is 4.60. The largest absolute Gasteiger partial charge is 0.497 e. The Labute approximate surface area is 159 Å². The molecule has 0 radical (unpaired) electrons. The molecule has 1 N–H and O–H groups in total. The van der Waals surface area contributed by atoms with E-state index in [1.165, 1.54) is 6.08 Å². The van der Waals surface area contributed by atoms with Crippen LogP contribution < -0.4 is 10.1 Å². The van der Waals surface area contributed by atoms with E-state index in [4.69, 9.17) is 4.74 Å². The van der Waals surface area contributed by atoms with Crippen molar-refractivity contribution in [2.24, 2.45) is 0 Å². The summed E-state index contributed by atoms with van der Waals surface area (Å²) >= 11 is 0. The molecule has 5 heteroatoms. The van der Waals surface area contributed by atoms with Gasteiger partial charge in [-0.25, -0.2) is 0 Å².